The van der Waals surface area contributed by atoms with E-state index in [1.807, 2.05) is 262 Å². The van der Waals surface area contributed by atoms with Crippen LogP contribution in [-0.4, -0.2) is 169 Å². The van der Waals surface area contributed by atoms with E-state index in [1.54, 1.807) is 4.90 Å². The lowest BCUT2D eigenvalue weighted by atomic mass is 9.67. The molecule has 21 heteroatoms. The average Bonchev–Trinajstić information content (AvgIpc) is 1.77. The second kappa shape index (κ2) is 41.9. The predicted octanol–water partition coefficient (Wildman–Crippen LogP) is 10.8. The molecule has 0 N–H and O–H groups in total. The Morgan fingerprint density at radius 2 is 0.495 bits per heavy atom. The van der Waals surface area contributed by atoms with Gasteiger partial charge in [0.25, 0.3) is 0 Å². The second-order valence-electron chi connectivity index (χ2n) is 27.4. The van der Waals surface area contributed by atoms with Gasteiger partial charge in [-0.2, -0.15) is 0 Å². The van der Waals surface area contributed by atoms with Crippen LogP contribution >= 0.6 is 0 Å². The Morgan fingerprint density at radius 3 is 0.738 bits per heavy atom. The Kier molecular flexibility index (Phi) is 30.9. The van der Waals surface area contributed by atoms with Crippen molar-refractivity contribution in [3.05, 3.63) is 287 Å². The van der Waals surface area contributed by atoms with Gasteiger partial charge in [-0.05, 0) is 68.7 Å². The molecule has 2 saturated heterocycles. The molecule has 8 aromatic rings. The maximum Gasteiger partial charge on any atom is 0.320 e. The van der Waals surface area contributed by atoms with Crippen molar-refractivity contribution in [3.8, 4) is 0 Å². The van der Waals surface area contributed by atoms with Crippen molar-refractivity contribution in [3.63, 3.8) is 0 Å². The average molecular weight is 1450 g/mol. The molecular formula is C86H95N5O16. The van der Waals surface area contributed by atoms with E-state index in [1.165, 1.54) is 0 Å². The standard InChI is InChI=1S/C86H95N5O16/c92-77(100-56-68-26-9-1-10-27-68)48-76(49-78(93)101-57-69-28-11-2-12-29-69)85(64-87(50-79(94)102-58-70-30-13-3-14-31-70)44-45-88(65-85)51-80(95)103-59-71-32-15-4-16-33-71)42-25-43-86(91(54-83(98)106-62-74-38-21-7-22-39-74)55-84(99)107-63-75-40-23-8-24-41-75)66-89(52-81(96)104-60-72-34-17-5-18-35-72)46-47-90(67-86)53-82(97)105-61-73-36-19-6-20-37-73/h1-24,26-41,76H,25,42-67H2. The number of nitrogens with zero attached hydrogens (tertiary/aromatic N) is 5. The van der Waals surface area contributed by atoms with Crippen molar-refractivity contribution in [1.29, 1.82) is 0 Å². The fraction of sp³-hybridized carbons (Fsp3) is 0.349. The van der Waals surface area contributed by atoms with E-state index in [0.29, 0.717) is 11.1 Å². The summed E-state index contributed by atoms with van der Waals surface area (Å²) in [7, 11) is 0. The Labute approximate surface area is 626 Å². The molecular weight excluding hydrogens is 1360 g/mol. The van der Waals surface area contributed by atoms with Crippen LogP contribution in [0.15, 0.2) is 243 Å². The lowest BCUT2D eigenvalue weighted by Crippen LogP contribution is -2.62. The molecule has 2 fully saturated rings. The van der Waals surface area contributed by atoms with Gasteiger partial charge in [-0.25, -0.2) is 0 Å². The SMILES string of the molecule is O=C(CC(CC(=O)OCc1ccccc1)C1(CCCC2(N(CC(=O)OCc3ccccc3)CC(=O)OCc3ccccc3)CN(CC(=O)OCc3ccccc3)CCN(CC(=O)OCc3ccccc3)C2)CN(CC(=O)OCc2ccccc2)CCN(CC(=O)OCc2ccccc2)C1)OCc1ccccc1. The number of benzene rings is 8. The Balaban J connectivity index is 1.08. The van der Waals surface area contributed by atoms with Gasteiger partial charge in [-0.1, -0.05) is 249 Å². The van der Waals surface area contributed by atoms with Crippen molar-refractivity contribution in [2.45, 2.75) is 90.5 Å². The highest BCUT2D eigenvalue weighted by atomic mass is 16.6. The number of hydrogen-bond acceptors (Lipinski definition) is 21. The first kappa shape index (κ1) is 78.9. The van der Waals surface area contributed by atoms with Crippen LogP contribution in [0.3, 0.4) is 0 Å². The normalized spacial score (nSPS) is 14.7. The van der Waals surface area contributed by atoms with Crippen molar-refractivity contribution in [2.24, 2.45) is 11.3 Å². The van der Waals surface area contributed by atoms with Crippen molar-refractivity contribution >= 4 is 47.8 Å². The molecule has 10 rings (SSSR count). The van der Waals surface area contributed by atoms with Gasteiger partial charge in [0.2, 0.25) is 0 Å². The van der Waals surface area contributed by atoms with E-state index >= 15 is 0 Å². The maximum absolute atomic E-state index is 15.0. The first-order chi connectivity index (χ1) is 52.2. The summed E-state index contributed by atoms with van der Waals surface area (Å²) < 4.78 is 48.3. The zero-order valence-corrected chi connectivity index (χ0v) is 60.5. The smallest absolute Gasteiger partial charge is 0.320 e. The molecule has 0 atom stereocenters. The number of hydrogen-bond donors (Lipinski definition) is 0. The number of rotatable bonds is 38. The fourth-order valence-electron chi connectivity index (χ4n) is 13.8. The first-order valence-corrected chi connectivity index (χ1v) is 36.4. The zero-order chi connectivity index (χ0) is 74.7. The molecule has 0 unspecified atom stereocenters. The molecule has 107 heavy (non-hydrogen) atoms. The molecule has 2 heterocycles. The van der Waals surface area contributed by atoms with Crippen LogP contribution in [0, 0.1) is 11.3 Å². The summed E-state index contributed by atoms with van der Waals surface area (Å²) >= 11 is 0. The minimum absolute atomic E-state index is 0.00621. The van der Waals surface area contributed by atoms with Gasteiger partial charge in [0.15, 0.2) is 0 Å². The molecule has 2 aliphatic heterocycles. The number of carbonyl (C=O) groups is 8. The van der Waals surface area contributed by atoms with Crippen LogP contribution in [0.4, 0.5) is 0 Å². The van der Waals surface area contributed by atoms with Crippen LogP contribution in [0.5, 0.6) is 0 Å². The van der Waals surface area contributed by atoms with Gasteiger partial charge in [-0.3, -0.25) is 62.9 Å². The van der Waals surface area contributed by atoms with E-state index in [-0.39, 0.29) is 163 Å². The molecule has 0 bridgehead atoms. The van der Waals surface area contributed by atoms with E-state index in [2.05, 4.69) is 0 Å². The summed E-state index contributed by atoms with van der Waals surface area (Å²) in [5, 5.41) is 0. The van der Waals surface area contributed by atoms with Crippen molar-refractivity contribution in [2.75, 3.05) is 91.6 Å². The topological polar surface area (TPSA) is 227 Å². The van der Waals surface area contributed by atoms with Gasteiger partial charge < -0.3 is 37.9 Å². The van der Waals surface area contributed by atoms with E-state index in [0.717, 1.165) is 33.4 Å². The molecule has 8 aromatic carbocycles. The lowest BCUT2D eigenvalue weighted by Gasteiger charge is -2.47. The number of ether oxygens (including phenoxy) is 8. The Bertz CT molecular complexity index is 3540. The van der Waals surface area contributed by atoms with Gasteiger partial charge >= 0.3 is 47.8 Å². The van der Waals surface area contributed by atoms with Crippen molar-refractivity contribution < 1.29 is 76.3 Å². The quantitative estimate of drug-likeness (QED) is 0.0259. The highest BCUT2D eigenvalue weighted by Crippen LogP contribution is 2.43. The monoisotopic (exact) mass is 1450 g/mol. The largest absolute Gasteiger partial charge is 0.461 e. The molecule has 0 aliphatic carbocycles. The number of carbonyl (C=O) groups excluding carboxylic acids is 8. The third kappa shape index (κ3) is 27.0. The molecule has 0 radical (unpaired) electrons. The minimum atomic E-state index is -1.42. The summed E-state index contributed by atoms with van der Waals surface area (Å²) in [5.41, 5.74) is 3.29. The van der Waals surface area contributed by atoms with Crippen LogP contribution in [0.2, 0.25) is 0 Å². The molecule has 560 valence electrons. The van der Waals surface area contributed by atoms with E-state index in [9.17, 15) is 38.4 Å². The summed E-state index contributed by atoms with van der Waals surface area (Å²) in [6, 6.07) is 73.9. The Morgan fingerprint density at radius 1 is 0.280 bits per heavy atom. The summed E-state index contributed by atoms with van der Waals surface area (Å²) in [6.45, 7) is -1.43. The number of esters is 8. The minimum Gasteiger partial charge on any atom is -0.461 e. The lowest BCUT2D eigenvalue weighted by molar-refractivity contribution is -0.156. The van der Waals surface area contributed by atoms with Crippen LogP contribution in [-0.2, 0) is 129 Å². The molecule has 0 saturated carbocycles. The predicted molar refractivity (Wildman–Crippen MR) is 399 cm³/mol. The van der Waals surface area contributed by atoms with Crippen molar-refractivity contribution in [1.82, 2.24) is 24.5 Å². The van der Waals surface area contributed by atoms with E-state index < -0.39 is 77.7 Å². The molecule has 0 aromatic heterocycles. The van der Waals surface area contributed by atoms with Crippen LogP contribution < -0.4 is 0 Å². The summed E-state index contributed by atoms with van der Waals surface area (Å²) in [4.78, 5) is 127. The zero-order valence-electron chi connectivity index (χ0n) is 60.5. The first-order valence-electron chi connectivity index (χ1n) is 36.4. The van der Waals surface area contributed by atoms with Crippen LogP contribution in [0.1, 0.15) is 76.6 Å². The van der Waals surface area contributed by atoms with E-state index in [4.69, 9.17) is 37.9 Å². The second-order valence-corrected chi connectivity index (χ2v) is 27.4. The Hall–Kier alpha value is -10.7. The fourth-order valence-corrected chi connectivity index (χ4v) is 13.8. The third-order valence-electron chi connectivity index (χ3n) is 19.2. The van der Waals surface area contributed by atoms with Gasteiger partial charge in [0.1, 0.15) is 52.9 Å². The highest BCUT2D eigenvalue weighted by molar-refractivity contribution is 5.77. The molecule has 0 amide bonds. The molecule has 2 aliphatic rings. The highest BCUT2D eigenvalue weighted by Gasteiger charge is 2.49. The molecule has 21 nitrogen and oxygen atoms in total. The van der Waals surface area contributed by atoms with Gasteiger partial charge in [0.05, 0.1) is 39.3 Å². The maximum atomic E-state index is 15.0. The summed E-state index contributed by atoms with van der Waals surface area (Å²) in [6.07, 6.45) is -0.283. The van der Waals surface area contributed by atoms with Gasteiger partial charge in [-0.15, -0.1) is 0 Å². The third-order valence-corrected chi connectivity index (χ3v) is 19.2. The summed E-state index contributed by atoms with van der Waals surface area (Å²) in [5.74, 6) is -5.79. The van der Waals surface area contributed by atoms with Crippen LogP contribution in [0.25, 0.3) is 0 Å². The molecule has 0 spiro atoms. The van der Waals surface area contributed by atoms with Gasteiger partial charge in [0, 0.05) is 70.7 Å².